The van der Waals surface area contributed by atoms with Gasteiger partial charge in [0.25, 0.3) is 17.6 Å². The molecule has 0 spiro atoms. The van der Waals surface area contributed by atoms with Gasteiger partial charge in [-0.3, -0.25) is 14.4 Å². The molecule has 3 unspecified atom stereocenters. The van der Waals surface area contributed by atoms with Gasteiger partial charge in [-0.15, -0.1) is 0 Å². The Morgan fingerprint density at radius 3 is 2.37 bits per heavy atom. The summed E-state index contributed by atoms with van der Waals surface area (Å²) in [6.07, 6.45) is 3.93. The molecule has 4 saturated carbocycles. The first kappa shape index (κ1) is 23.7. The van der Waals surface area contributed by atoms with E-state index in [1.165, 1.54) is 12.1 Å². The van der Waals surface area contributed by atoms with Crippen LogP contribution < -0.4 is 10.6 Å². The number of aliphatic hydroxyl groups is 1. The van der Waals surface area contributed by atoms with Crippen LogP contribution in [0.5, 0.6) is 0 Å². The first-order valence-corrected chi connectivity index (χ1v) is 12.3. The van der Waals surface area contributed by atoms with Crippen molar-refractivity contribution in [2.45, 2.75) is 64.5 Å². The third-order valence-electron chi connectivity index (χ3n) is 8.60. The zero-order valence-corrected chi connectivity index (χ0v) is 20.6. The Bertz CT molecular complexity index is 1230. The van der Waals surface area contributed by atoms with Gasteiger partial charge in [-0.05, 0) is 100.0 Å². The van der Waals surface area contributed by atoms with E-state index in [1.54, 1.807) is 38.5 Å². The summed E-state index contributed by atoms with van der Waals surface area (Å²) in [5.41, 5.74) is 1.93. The topological polar surface area (TPSA) is 100 Å². The average molecular weight is 482 g/mol. The number of hydrogen-bond donors (Lipinski definition) is 3. The summed E-state index contributed by atoms with van der Waals surface area (Å²) >= 11 is 0. The zero-order chi connectivity index (χ0) is 25.2. The fourth-order valence-corrected chi connectivity index (χ4v) is 7.11. The molecule has 4 bridgehead atoms. The summed E-state index contributed by atoms with van der Waals surface area (Å²) in [4.78, 5) is 39.6. The Morgan fingerprint density at radius 1 is 1.09 bits per heavy atom. The van der Waals surface area contributed by atoms with Gasteiger partial charge in [0.15, 0.2) is 0 Å². The molecule has 1 aromatic carbocycles. The molecule has 0 aliphatic heterocycles. The van der Waals surface area contributed by atoms with Crippen LogP contribution in [0.2, 0.25) is 0 Å². The summed E-state index contributed by atoms with van der Waals surface area (Å²) in [5.74, 6) is -1.26. The maximum absolute atomic E-state index is 13.6. The number of anilines is 1. The number of hydrogen-bond acceptors (Lipinski definition) is 4. The minimum absolute atomic E-state index is 0.182. The van der Waals surface area contributed by atoms with Gasteiger partial charge < -0.3 is 20.3 Å². The number of carbonyl (C=O) groups is 3. The second-order valence-electron chi connectivity index (χ2n) is 10.9. The average Bonchev–Trinajstić information content (AvgIpc) is 3.01. The van der Waals surface area contributed by atoms with Crippen molar-refractivity contribution < 1.29 is 23.9 Å². The molecule has 186 valence electrons. The fourth-order valence-electron chi connectivity index (χ4n) is 7.11. The number of aryl methyl sites for hydroxylation is 1. The van der Waals surface area contributed by atoms with Gasteiger partial charge in [0, 0.05) is 24.0 Å². The summed E-state index contributed by atoms with van der Waals surface area (Å²) in [5, 5.41) is 16.3. The van der Waals surface area contributed by atoms with Gasteiger partial charge in [0.2, 0.25) is 0 Å². The lowest BCUT2D eigenvalue weighted by atomic mass is 9.51. The lowest BCUT2D eigenvalue weighted by molar-refractivity contribution is -0.133. The standard InChI is InChI=1S/C27H32FN3O4/c1-13-7-19(5-6-20(13)28)29-25(34)21-14(2)22(31(4)15(21)3)24(33)26(35)30-27-10-16-8-17(11-27)23(32)18(9-16)12-27/h5-7,16-18,23,32H,8-12H2,1-4H3,(H,29,34)(H,30,35)/t16?,17-,18+,23?,27?. The van der Waals surface area contributed by atoms with Gasteiger partial charge in [-0.2, -0.15) is 0 Å². The highest BCUT2D eigenvalue weighted by atomic mass is 19.1. The number of nitrogens with one attached hydrogen (secondary N) is 2. The van der Waals surface area contributed by atoms with Crippen molar-refractivity contribution >= 4 is 23.3 Å². The van der Waals surface area contributed by atoms with Crippen molar-refractivity contribution in [3.8, 4) is 0 Å². The second-order valence-corrected chi connectivity index (χ2v) is 10.9. The molecule has 1 heterocycles. The summed E-state index contributed by atoms with van der Waals surface area (Å²) in [6.45, 7) is 5.01. The molecule has 4 fully saturated rings. The van der Waals surface area contributed by atoms with E-state index in [1.807, 2.05) is 0 Å². The van der Waals surface area contributed by atoms with E-state index < -0.39 is 23.1 Å². The summed E-state index contributed by atoms with van der Waals surface area (Å²) < 4.78 is 15.2. The third-order valence-corrected chi connectivity index (χ3v) is 8.60. The predicted molar refractivity (Wildman–Crippen MR) is 129 cm³/mol. The van der Waals surface area contributed by atoms with E-state index in [0.717, 1.165) is 19.3 Å². The van der Waals surface area contributed by atoms with Gasteiger partial charge in [0.05, 0.1) is 17.4 Å². The van der Waals surface area contributed by atoms with Crippen molar-refractivity contribution in [1.82, 2.24) is 9.88 Å². The van der Waals surface area contributed by atoms with Crippen LogP contribution >= 0.6 is 0 Å². The van der Waals surface area contributed by atoms with Crippen LogP contribution in [0.15, 0.2) is 18.2 Å². The fraction of sp³-hybridized carbons (Fsp3) is 0.519. The molecule has 7 nitrogen and oxygen atoms in total. The number of ketones is 1. The van der Waals surface area contributed by atoms with E-state index in [-0.39, 0.29) is 29.5 Å². The van der Waals surface area contributed by atoms with Crippen LogP contribution in [0.25, 0.3) is 0 Å². The van der Waals surface area contributed by atoms with Gasteiger partial charge in [-0.25, -0.2) is 4.39 Å². The molecule has 6 rings (SSSR count). The molecule has 4 aliphatic carbocycles. The molecule has 5 atom stereocenters. The van der Waals surface area contributed by atoms with Crippen molar-refractivity contribution in [2.75, 3.05) is 5.32 Å². The predicted octanol–water partition coefficient (Wildman–Crippen LogP) is 3.58. The van der Waals surface area contributed by atoms with E-state index >= 15 is 0 Å². The Balaban J connectivity index is 1.37. The van der Waals surface area contributed by atoms with Crippen LogP contribution in [0.1, 0.15) is 69.8 Å². The van der Waals surface area contributed by atoms with Crippen molar-refractivity contribution in [3.63, 3.8) is 0 Å². The van der Waals surface area contributed by atoms with Crippen molar-refractivity contribution in [1.29, 1.82) is 0 Å². The maximum atomic E-state index is 13.6. The molecule has 0 saturated heterocycles. The molecule has 1 aromatic heterocycles. The van der Waals surface area contributed by atoms with Gasteiger partial charge >= 0.3 is 0 Å². The Labute approximate surface area is 204 Å². The number of benzene rings is 1. The number of Topliss-reactive ketones (excluding diaryl/α,β-unsaturated/α-hetero) is 1. The minimum Gasteiger partial charge on any atom is -0.393 e. The lowest BCUT2D eigenvalue weighted by Gasteiger charge is -2.58. The molecule has 4 aliphatic rings. The van der Waals surface area contributed by atoms with Gasteiger partial charge in [-0.1, -0.05) is 0 Å². The molecule has 8 heteroatoms. The monoisotopic (exact) mass is 481 g/mol. The first-order valence-electron chi connectivity index (χ1n) is 12.3. The SMILES string of the molecule is Cc1cc(NC(=O)c2c(C)c(C(=O)C(=O)NC34CC5C[C@H](C3)C(O)[C@@H](C5)C4)n(C)c2C)ccc1F. The molecule has 3 N–H and O–H groups in total. The molecule has 2 aromatic rings. The van der Waals surface area contributed by atoms with Crippen LogP contribution in [0.3, 0.4) is 0 Å². The van der Waals surface area contributed by atoms with E-state index in [4.69, 9.17) is 0 Å². The summed E-state index contributed by atoms with van der Waals surface area (Å²) in [6, 6.07) is 4.32. The Hall–Kier alpha value is -3.00. The van der Waals surface area contributed by atoms with E-state index in [9.17, 15) is 23.9 Å². The highest BCUT2D eigenvalue weighted by Gasteiger charge is 2.56. The molecular formula is C27H32FN3O4. The van der Waals surface area contributed by atoms with Gasteiger partial charge in [0.1, 0.15) is 5.82 Å². The molecule has 2 amide bonds. The van der Waals surface area contributed by atoms with Crippen LogP contribution in [0, 0.1) is 44.3 Å². The maximum Gasteiger partial charge on any atom is 0.294 e. The molecule has 35 heavy (non-hydrogen) atoms. The number of halogens is 1. The number of nitrogens with zero attached hydrogens (tertiary/aromatic N) is 1. The molecular weight excluding hydrogens is 449 g/mol. The Kier molecular flexibility index (Phi) is 5.62. The third kappa shape index (κ3) is 3.88. The number of aromatic nitrogens is 1. The van der Waals surface area contributed by atoms with Crippen LogP contribution in [-0.4, -0.2) is 38.9 Å². The Morgan fingerprint density at radius 2 is 1.74 bits per heavy atom. The number of rotatable bonds is 5. The zero-order valence-electron chi connectivity index (χ0n) is 20.6. The quantitative estimate of drug-likeness (QED) is 0.449. The van der Waals surface area contributed by atoms with Crippen molar-refractivity contribution in [3.05, 3.63) is 52.1 Å². The highest BCUT2D eigenvalue weighted by Crippen LogP contribution is 2.55. The lowest BCUT2D eigenvalue weighted by Crippen LogP contribution is -2.64. The van der Waals surface area contributed by atoms with Crippen molar-refractivity contribution in [2.24, 2.45) is 24.8 Å². The molecule has 0 radical (unpaired) electrons. The normalized spacial score (nSPS) is 28.7. The highest BCUT2D eigenvalue weighted by molar-refractivity contribution is 6.43. The second kappa shape index (κ2) is 8.29. The van der Waals surface area contributed by atoms with Crippen LogP contribution in [-0.2, 0) is 11.8 Å². The van der Waals surface area contributed by atoms with E-state index in [0.29, 0.717) is 46.8 Å². The first-order chi connectivity index (χ1) is 16.5. The van der Waals surface area contributed by atoms with Crippen LogP contribution in [0.4, 0.5) is 10.1 Å². The number of carbonyl (C=O) groups excluding carboxylic acids is 3. The number of aliphatic hydroxyl groups excluding tert-OH is 1. The minimum atomic E-state index is -0.666. The number of amides is 2. The van der Waals surface area contributed by atoms with E-state index in [2.05, 4.69) is 10.6 Å². The smallest absolute Gasteiger partial charge is 0.294 e. The largest absolute Gasteiger partial charge is 0.393 e. The summed E-state index contributed by atoms with van der Waals surface area (Å²) in [7, 11) is 1.67.